The Morgan fingerprint density at radius 3 is 2.53 bits per heavy atom. The van der Waals surface area contributed by atoms with Crippen molar-refractivity contribution in [3.8, 4) is 0 Å². The fraction of sp³-hybridized carbons (Fsp3) is 0.867. The smallest absolute Gasteiger partial charge is 0.0857 e. The number of aromatic nitrogens is 3. The lowest BCUT2D eigenvalue weighted by molar-refractivity contribution is 0.168. The first-order valence-electron chi connectivity index (χ1n) is 7.61. The first kappa shape index (κ1) is 14.5. The van der Waals surface area contributed by atoms with Crippen molar-refractivity contribution < 1.29 is 0 Å². The third-order valence-electron chi connectivity index (χ3n) is 4.52. The van der Waals surface area contributed by atoms with E-state index in [0.717, 1.165) is 18.9 Å². The van der Waals surface area contributed by atoms with Crippen LogP contribution >= 0.6 is 0 Å². The molecule has 19 heavy (non-hydrogen) atoms. The maximum absolute atomic E-state index is 5.52. The molecule has 1 aromatic heterocycles. The van der Waals surface area contributed by atoms with E-state index in [2.05, 4.69) is 37.3 Å². The van der Waals surface area contributed by atoms with Crippen molar-refractivity contribution in [1.82, 2.24) is 15.0 Å². The van der Waals surface area contributed by atoms with Gasteiger partial charge in [-0.05, 0) is 50.0 Å². The summed E-state index contributed by atoms with van der Waals surface area (Å²) in [5.41, 5.74) is 7.15. The highest BCUT2D eigenvalue weighted by atomic mass is 15.4. The normalized spacial score (nSPS) is 24.6. The second kappa shape index (κ2) is 6.04. The van der Waals surface area contributed by atoms with E-state index in [9.17, 15) is 0 Å². The molecule has 2 N–H and O–H groups in total. The molecule has 0 spiro atoms. The van der Waals surface area contributed by atoms with Gasteiger partial charge in [-0.2, -0.15) is 0 Å². The minimum absolute atomic E-state index is 0.448. The Balaban J connectivity index is 1.89. The van der Waals surface area contributed by atoms with E-state index in [1.165, 1.54) is 31.4 Å². The van der Waals surface area contributed by atoms with Gasteiger partial charge < -0.3 is 5.73 Å². The number of nitrogens with zero attached hydrogens (tertiary/aromatic N) is 3. The van der Waals surface area contributed by atoms with Crippen LogP contribution in [0.15, 0.2) is 6.20 Å². The predicted octanol–water partition coefficient (Wildman–Crippen LogP) is 2.95. The van der Waals surface area contributed by atoms with Crippen molar-refractivity contribution in [3.05, 3.63) is 11.9 Å². The fourth-order valence-corrected chi connectivity index (χ4v) is 3.12. The van der Waals surface area contributed by atoms with Gasteiger partial charge in [0.25, 0.3) is 0 Å². The van der Waals surface area contributed by atoms with Crippen molar-refractivity contribution in [1.29, 1.82) is 0 Å². The number of hydrogen-bond donors (Lipinski definition) is 1. The first-order chi connectivity index (χ1) is 9.00. The predicted molar refractivity (Wildman–Crippen MR) is 77.8 cm³/mol. The third kappa shape index (κ3) is 3.78. The van der Waals surface area contributed by atoms with Gasteiger partial charge >= 0.3 is 0 Å². The Kier molecular flexibility index (Phi) is 4.61. The standard InChI is InChI=1S/C15H28N4/c1-15(2,3)13-7-5-12(6-8-13)14-11-19(18-17-14)10-4-9-16/h11-13H,4-10,16H2,1-3H3. The van der Waals surface area contributed by atoms with Crippen LogP contribution in [0.1, 0.15) is 64.5 Å². The molecule has 2 rings (SSSR count). The lowest BCUT2D eigenvalue weighted by Crippen LogP contribution is -2.25. The van der Waals surface area contributed by atoms with Crippen LogP contribution < -0.4 is 5.73 Å². The molecule has 1 fully saturated rings. The molecule has 4 nitrogen and oxygen atoms in total. The fourth-order valence-electron chi connectivity index (χ4n) is 3.12. The molecule has 0 aliphatic heterocycles. The van der Waals surface area contributed by atoms with Gasteiger partial charge in [-0.15, -0.1) is 5.10 Å². The topological polar surface area (TPSA) is 56.7 Å². The molecule has 0 amide bonds. The Bertz CT molecular complexity index is 383. The summed E-state index contributed by atoms with van der Waals surface area (Å²) in [6.07, 6.45) is 8.26. The highest BCUT2D eigenvalue weighted by Gasteiger charge is 2.31. The molecule has 0 atom stereocenters. The molecule has 1 heterocycles. The zero-order valence-corrected chi connectivity index (χ0v) is 12.6. The summed E-state index contributed by atoms with van der Waals surface area (Å²) in [5, 5.41) is 8.56. The third-order valence-corrected chi connectivity index (χ3v) is 4.52. The summed E-state index contributed by atoms with van der Waals surface area (Å²) in [7, 11) is 0. The van der Waals surface area contributed by atoms with Crippen LogP contribution in [0.5, 0.6) is 0 Å². The Morgan fingerprint density at radius 2 is 1.95 bits per heavy atom. The van der Waals surface area contributed by atoms with E-state index in [4.69, 9.17) is 5.73 Å². The summed E-state index contributed by atoms with van der Waals surface area (Å²) in [4.78, 5) is 0. The average Bonchev–Trinajstić information content (AvgIpc) is 2.84. The number of rotatable bonds is 4. The first-order valence-corrected chi connectivity index (χ1v) is 7.61. The van der Waals surface area contributed by atoms with E-state index in [1.807, 2.05) is 4.68 Å². The molecule has 0 aromatic carbocycles. The molecule has 1 aromatic rings. The monoisotopic (exact) mass is 264 g/mol. The average molecular weight is 264 g/mol. The van der Waals surface area contributed by atoms with E-state index in [-0.39, 0.29) is 0 Å². The number of nitrogens with two attached hydrogens (primary N) is 1. The lowest BCUT2D eigenvalue weighted by atomic mass is 9.69. The van der Waals surface area contributed by atoms with E-state index in [1.54, 1.807) is 0 Å². The maximum Gasteiger partial charge on any atom is 0.0857 e. The Labute approximate surface area is 116 Å². The van der Waals surface area contributed by atoms with Crippen LogP contribution in [0.4, 0.5) is 0 Å². The van der Waals surface area contributed by atoms with Crippen molar-refractivity contribution in [2.75, 3.05) is 6.54 Å². The lowest BCUT2D eigenvalue weighted by Gasteiger charge is -2.36. The second-order valence-corrected chi connectivity index (χ2v) is 6.96. The SMILES string of the molecule is CC(C)(C)C1CCC(c2cn(CCCN)nn2)CC1. The van der Waals surface area contributed by atoms with Gasteiger partial charge in [-0.25, -0.2) is 0 Å². The van der Waals surface area contributed by atoms with Crippen molar-refractivity contribution in [2.24, 2.45) is 17.1 Å². The molecular formula is C15H28N4. The van der Waals surface area contributed by atoms with Crippen LogP contribution in [-0.2, 0) is 6.54 Å². The minimum atomic E-state index is 0.448. The van der Waals surface area contributed by atoms with Gasteiger partial charge in [-0.1, -0.05) is 26.0 Å². The molecule has 1 aliphatic rings. The molecule has 0 saturated heterocycles. The summed E-state index contributed by atoms with van der Waals surface area (Å²) >= 11 is 0. The van der Waals surface area contributed by atoms with Gasteiger partial charge in [0.05, 0.1) is 5.69 Å². The second-order valence-electron chi connectivity index (χ2n) is 6.96. The van der Waals surface area contributed by atoms with Gasteiger partial charge in [0, 0.05) is 18.7 Å². The molecular weight excluding hydrogens is 236 g/mol. The quantitative estimate of drug-likeness (QED) is 0.909. The van der Waals surface area contributed by atoms with Crippen LogP contribution in [-0.4, -0.2) is 21.5 Å². The van der Waals surface area contributed by atoms with Gasteiger partial charge in [-0.3, -0.25) is 4.68 Å². The molecule has 0 bridgehead atoms. The highest BCUT2D eigenvalue weighted by molar-refractivity contribution is 5.04. The summed E-state index contributed by atoms with van der Waals surface area (Å²) < 4.78 is 1.94. The van der Waals surface area contributed by atoms with Crippen LogP contribution in [0.25, 0.3) is 0 Å². The number of aryl methyl sites for hydroxylation is 1. The minimum Gasteiger partial charge on any atom is -0.330 e. The maximum atomic E-state index is 5.52. The zero-order chi connectivity index (χ0) is 13.9. The van der Waals surface area contributed by atoms with Crippen LogP contribution in [0.2, 0.25) is 0 Å². The number of hydrogen-bond acceptors (Lipinski definition) is 3. The van der Waals surface area contributed by atoms with E-state index < -0.39 is 0 Å². The Morgan fingerprint density at radius 1 is 1.26 bits per heavy atom. The van der Waals surface area contributed by atoms with Gasteiger partial charge in [0.15, 0.2) is 0 Å². The van der Waals surface area contributed by atoms with E-state index >= 15 is 0 Å². The van der Waals surface area contributed by atoms with Crippen molar-refractivity contribution in [2.45, 2.75) is 65.3 Å². The van der Waals surface area contributed by atoms with Crippen molar-refractivity contribution in [3.63, 3.8) is 0 Å². The Hall–Kier alpha value is -0.900. The molecule has 108 valence electrons. The summed E-state index contributed by atoms with van der Waals surface area (Å²) in [6, 6.07) is 0. The largest absolute Gasteiger partial charge is 0.330 e. The molecule has 1 aliphatic carbocycles. The van der Waals surface area contributed by atoms with Crippen molar-refractivity contribution >= 4 is 0 Å². The van der Waals surface area contributed by atoms with Gasteiger partial charge in [0.1, 0.15) is 0 Å². The van der Waals surface area contributed by atoms with E-state index in [0.29, 0.717) is 17.9 Å². The molecule has 0 unspecified atom stereocenters. The van der Waals surface area contributed by atoms with Crippen LogP contribution in [0, 0.1) is 11.3 Å². The zero-order valence-electron chi connectivity index (χ0n) is 12.6. The molecule has 0 radical (unpaired) electrons. The van der Waals surface area contributed by atoms with Gasteiger partial charge in [0.2, 0.25) is 0 Å². The highest BCUT2D eigenvalue weighted by Crippen LogP contribution is 2.42. The molecule has 4 heteroatoms. The molecule has 1 saturated carbocycles. The summed E-state index contributed by atoms with van der Waals surface area (Å²) in [5.74, 6) is 1.47. The van der Waals surface area contributed by atoms with Crippen LogP contribution in [0.3, 0.4) is 0 Å². The summed E-state index contributed by atoms with van der Waals surface area (Å²) in [6.45, 7) is 8.69.